The maximum absolute atomic E-state index is 11.8. The Morgan fingerprint density at radius 2 is 1.89 bits per heavy atom. The Balaban J connectivity index is 2.95. The Bertz CT molecular complexity index is 626. The van der Waals surface area contributed by atoms with Gasteiger partial charge in [0.25, 0.3) is 0 Å². The van der Waals surface area contributed by atoms with Crippen molar-refractivity contribution in [3.8, 4) is 11.5 Å². The molecular weight excluding hydrogens is 230 g/mol. The minimum atomic E-state index is 0.0431. The Morgan fingerprint density at radius 3 is 2.39 bits per heavy atom. The zero-order valence-electron chi connectivity index (χ0n) is 11.3. The van der Waals surface area contributed by atoms with Gasteiger partial charge in [-0.25, -0.2) is 0 Å². The molecule has 0 radical (unpaired) electrons. The molecule has 0 atom stereocenters. The molecule has 1 aromatic carbocycles. The number of nitrogens with zero attached hydrogens (tertiary/aromatic N) is 1. The van der Waals surface area contributed by atoms with E-state index in [1.165, 1.54) is 0 Å². The second-order valence-electron chi connectivity index (χ2n) is 4.30. The highest BCUT2D eigenvalue weighted by molar-refractivity contribution is 6.11. The average Bonchev–Trinajstić information content (AvgIpc) is 2.61. The molecule has 0 aliphatic carbocycles. The van der Waals surface area contributed by atoms with Crippen molar-refractivity contribution in [2.45, 2.75) is 13.8 Å². The summed E-state index contributed by atoms with van der Waals surface area (Å²) in [7, 11) is 5.14. The number of rotatable bonds is 3. The molecule has 2 aromatic rings. The fourth-order valence-electron chi connectivity index (χ4n) is 2.33. The third-order valence-corrected chi connectivity index (χ3v) is 3.34. The number of ketones is 1. The van der Waals surface area contributed by atoms with Gasteiger partial charge in [0.15, 0.2) is 5.78 Å². The monoisotopic (exact) mass is 247 g/mol. The van der Waals surface area contributed by atoms with Crippen molar-refractivity contribution in [2.24, 2.45) is 7.05 Å². The van der Waals surface area contributed by atoms with Crippen molar-refractivity contribution >= 4 is 16.7 Å². The number of carbonyl (C=O) groups excluding carboxylic acids is 1. The maximum Gasteiger partial charge on any atom is 0.162 e. The van der Waals surface area contributed by atoms with E-state index in [0.29, 0.717) is 11.3 Å². The lowest BCUT2D eigenvalue weighted by molar-refractivity contribution is 0.101. The molecule has 0 unspecified atom stereocenters. The van der Waals surface area contributed by atoms with E-state index in [9.17, 15) is 4.79 Å². The molecule has 0 N–H and O–H groups in total. The number of hydrogen-bond donors (Lipinski definition) is 0. The van der Waals surface area contributed by atoms with E-state index in [1.807, 2.05) is 24.6 Å². The molecule has 4 heteroatoms. The largest absolute Gasteiger partial charge is 0.497 e. The molecule has 18 heavy (non-hydrogen) atoms. The molecule has 0 saturated heterocycles. The standard InChI is InChI=1S/C14H17NO3/c1-8-13(9(2)16)14-11(15(8)3)6-10(17-4)7-12(14)18-5/h6-7H,1-5H3. The number of methoxy groups -OCH3 is 2. The Kier molecular flexibility index (Phi) is 3.03. The van der Waals surface area contributed by atoms with Crippen LogP contribution in [0.15, 0.2) is 12.1 Å². The second kappa shape index (κ2) is 4.37. The lowest BCUT2D eigenvalue weighted by Gasteiger charge is -2.07. The molecule has 0 amide bonds. The van der Waals surface area contributed by atoms with Crippen LogP contribution >= 0.6 is 0 Å². The number of benzene rings is 1. The molecule has 0 spiro atoms. The topological polar surface area (TPSA) is 40.5 Å². The Hall–Kier alpha value is -1.97. The van der Waals surface area contributed by atoms with Crippen molar-refractivity contribution in [3.63, 3.8) is 0 Å². The van der Waals surface area contributed by atoms with Gasteiger partial charge in [0, 0.05) is 30.4 Å². The van der Waals surface area contributed by atoms with Crippen molar-refractivity contribution < 1.29 is 14.3 Å². The van der Waals surface area contributed by atoms with Crippen LogP contribution in [0.5, 0.6) is 11.5 Å². The van der Waals surface area contributed by atoms with E-state index in [2.05, 4.69) is 0 Å². The number of ether oxygens (including phenoxy) is 2. The smallest absolute Gasteiger partial charge is 0.162 e. The van der Waals surface area contributed by atoms with Gasteiger partial charge in [-0.3, -0.25) is 4.79 Å². The van der Waals surface area contributed by atoms with Crippen molar-refractivity contribution in [1.29, 1.82) is 0 Å². The summed E-state index contributed by atoms with van der Waals surface area (Å²) in [5, 5.41) is 0.853. The summed E-state index contributed by atoms with van der Waals surface area (Å²) in [6, 6.07) is 3.71. The van der Waals surface area contributed by atoms with Crippen LogP contribution in [-0.4, -0.2) is 24.6 Å². The summed E-state index contributed by atoms with van der Waals surface area (Å²) in [5.74, 6) is 1.43. The normalized spacial score (nSPS) is 10.7. The van der Waals surface area contributed by atoms with Crippen LogP contribution in [0.2, 0.25) is 0 Å². The summed E-state index contributed by atoms with van der Waals surface area (Å²) in [5.41, 5.74) is 2.59. The average molecular weight is 247 g/mol. The summed E-state index contributed by atoms with van der Waals surface area (Å²) in [6.45, 7) is 3.51. The van der Waals surface area contributed by atoms with E-state index in [4.69, 9.17) is 9.47 Å². The molecule has 1 aromatic heterocycles. The van der Waals surface area contributed by atoms with Crippen LogP contribution in [0, 0.1) is 6.92 Å². The quantitative estimate of drug-likeness (QED) is 0.783. The number of Topliss-reactive ketones (excluding diaryl/α,β-unsaturated/α-hetero) is 1. The van der Waals surface area contributed by atoms with Gasteiger partial charge in [-0.15, -0.1) is 0 Å². The number of aromatic nitrogens is 1. The first-order chi connectivity index (χ1) is 8.51. The minimum absolute atomic E-state index is 0.0431. The van der Waals surface area contributed by atoms with Gasteiger partial charge >= 0.3 is 0 Å². The summed E-state index contributed by atoms with van der Waals surface area (Å²) in [4.78, 5) is 11.8. The lowest BCUT2D eigenvalue weighted by atomic mass is 10.1. The van der Waals surface area contributed by atoms with E-state index in [0.717, 1.165) is 22.3 Å². The fourth-order valence-corrected chi connectivity index (χ4v) is 2.33. The molecular formula is C14H17NO3. The highest BCUT2D eigenvalue weighted by Crippen LogP contribution is 2.36. The molecule has 4 nitrogen and oxygen atoms in total. The predicted octanol–water partition coefficient (Wildman–Crippen LogP) is 2.71. The van der Waals surface area contributed by atoms with Gasteiger partial charge in [-0.2, -0.15) is 0 Å². The van der Waals surface area contributed by atoms with E-state index in [-0.39, 0.29) is 5.78 Å². The Morgan fingerprint density at radius 1 is 1.22 bits per heavy atom. The highest BCUT2D eigenvalue weighted by Gasteiger charge is 2.20. The molecule has 96 valence electrons. The van der Waals surface area contributed by atoms with Crippen molar-refractivity contribution in [1.82, 2.24) is 4.57 Å². The summed E-state index contributed by atoms with van der Waals surface area (Å²) < 4.78 is 12.6. The van der Waals surface area contributed by atoms with Crippen LogP contribution in [0.1, 0.15) is 23.0 Å². The van der Waals surface area contributed by atoms with Crippen LogP contribution in [0.25, 0.3) is 10.9 Å². The lowest BCUT2D eigenvalue weighted by Crippen LogP contribution is -1.97. The molecule has 0 fully saturated rings. The van der Waals surface area contributed by atoms with Gasteiger partial charge in [0.05, 0.1) is 25.1 Å². The Labute approximate surface area is 106 Å². The predicted molar refractivity (Wildman–Crippen MR) is 70.8 cm³/mol. The van der Waals surface area contributed by atoms with Gasteiger partial charge in [0.2, 0.25) is 0 Å². The fraction of sp³-hybridized carbons (Fsp3) is 0.357. The minimum Gasteiger partial charge on any atom is -0.497 e. The molecule has 0 aliphatic heterocycles. The van der Waals surface area contributed by atoms with Gasteiger partial charge in [-0.1, -0.05) is 0 Å². The van der Waals surface area contributed by atoms with Gasteiger partial charge in [0.1, 0.15) is 11.5 Å². The van der Waals surface area contributed by atoms with E-state index < -0.39 is 0 Å². The number of hydrogen-bond acceptors (Lipinski definition) is 3. The molecule has 0 saturated carbocycles. The highest BCUT2D eigenvalue weighted by atomic mass is 16.5. The van der Waals surface area contributed by atoms with Crippen LogP contribution in [-0.2, 0) is 7.05 Å². The SMILES string of the molecule is COc1cc(OC)c2c(C(C)=O)c(C)n(C)c2c1. The van der Waals surface area contributed by atoms with E-state index >= 15 is 0 Å². The number of carbonyl (C=O) groups is 1. The second-order valence-corrected chi connectivity index (χ2v) is 4.30. The molecule has 0 aliphatic rings. The zero-order chi connectivity index (χ0) is 13.4. The molecule has 0 bridgehead atoms. The van der Waals surface area contributed by atoms with Crippen LogP contribution in [0.4, 0.5) is 0 Å². The van der Waals surface area contributed by atoms with Crippen LogP contribution in [0.3, 0.4) is 0 Å². The first kappa shape index (κ1) is 12.5. The summed E-state index contributed by atoms with van der Waals surface area (Å²) >= 11 is 0. The maximum atomic E-state index is 11.8. The van der Waals surface area contributed by atoms with E-state index in [1.54, 1.807) is 27.2 Å². The number of aryl methyl sites for hydroxylation is 1. The summed E-state index contributed by atoms with van der Waals surface area (Å²) in [6.07, 6.45) is 0. The molecule has 2 rings (SSSR count). The molecule has 1 heterocycles. The third-order valence-electron chi connectivity index (χ3n) is 3.34. The first-order valence-electron chi connectivity index (χ1n) is 5.73. The van der Waals surface area contributed by atoms with Crippen molar-refractivity contribution in [3.05, 3.63) is 23.4 Å². The van der Waals surface area contributed by atoms with Gasteiger partial charge < -0.3 is 14.0 Å². The zero-order valence-corrected chi connectivity index (χ0v) is 11.3. The van der Waals surface area contributed by atoms with Gasteiger partial charge in [-0.05, 0) is 13.8 Å². The van der Waals surface area contributed by atoms with Crippen molar-refractivity contribution in [2.75, 3.05) is 14.2 Å². The van der Waals surface area contributed by atoms with Crippen LogP contribution < -0.4 is 9.47 Å². The first-order valence-corrected chi connectivity index (χ1v) is 5.73. The number of fused-ring (bicyclic) bond motifs is 1. The third kappa shape index (κ3) is 1.65.